The van der Waals surface area contributed by atoms with Crippen molar-refractivity contribution >= 4 is 31.6 Å². The van der Waals surface area contributed by atoms with Gasteiger partial charge in [-0.3, -0.25) is 9.69 Å². The van der Waals surface area contributed by atoms with Crippen molar-refractivity contribution in [2.75, 3.05) is 6.61 Å². The van der Waals surface area contributed by atoms with Gasteiger partial charge in [-0.05, 0) is 73.7 Å². The fourth-order valence-corrected chi connectivity index (χ4v) is 6.49. The first kappa shape index (κ1) is 29.0. The van der Waals surface area contributed by atoms with E-state index in [0.29, 0.717) is 6.61 Å². The maximum absolute atomic E-state index is 13.4. The van der Waals surface area contributed by atoms with Crippen molar-refractivity contribution in [2.45, 2.75) is 105 Å². The van der Waals surface area contributed by atoms with E-state index in [9.17, 15) is 9.90 Å². The van der Waals surface area contributed by atoms with Crippen LogP contribution in [0.15, 0.2) is 12.1 Å². The molecule has 5 nitrogen and oxygen atoms in total. The maximum Gasteiger partial charge on any atom is 0.266 e. The fourth-order valence-electron chi connectivity index (χ4n) is 4.68. The Balaban J connectivity index is 2.23. The van der Waals surface area contributed by atoms with Crippen molar-refractivity contribution in [2.24, 2.45) is 11.8 Å². The van der Waals surface area contributed by atoms with Crippen LogP contribution in [0.5, 0.6) is 0 Å². The topological polar surface area (TPSA) is 59.0 Å². The lowest BCUT2D eigenvalue weighted by Gasteiger charge is -2.43. The predicted molar refractivity (Wildman–Crippen MR) is 145 cm³/mol. The molecule has 1 aromatic rings. The molecule has 2 rings (SSSR count). The highest BCUT2D eigenvalue weighted by molar-refractivity contribution is 7.80. The van der Waals surface area contributed by atoms with Crippen LogP contribution in [0.3, 0.4) is 0 Å². The molecule has 4 atom stereocenters. The Hall–Kier alpha value is -1.28. The number of hydrogen-bond donors (Lipinski definition) is 1. The molecule has 1 amide bonds. The Kier molecular flexibility index (Phi) is 9.17. The monoisotopic (exact) mass is 507 g/mol. The standard InChI is InChI=1S/C27H45NO4SSi/c1-16(2)25(32-34(10,11)27(7,8)9)20(6)22(29)14-23(30)28-21(15-31-26(28)33)24-18(4)12-17(3)13-19(24)5/h12-13,16,20-22,25,29H,14-15H2,1-11H3/t20-,21-,22-,25-/m0/s1. The summed E-state index contributed by atoms with van der Waals surface area (Å²) in [5, 5.41) is 11.4. The molecule has 1 aliphatic rings. The number of carbonyl (C=O) groups is 1. The number of amides is 1. The quantitative estimate of drug-likeness (QED) is 0.334. The molecule has 1 heterocycles. The van der Waals surface area contributed by atoms with Gasteiger partial charge in [0.15, 0.2) is 8.32 Å². The number of hydrogen-bond acceptors (Lipinski definition) is 5. The van der Waals surface area contributed by atoms with E-state index in [1.807, 2.05) is 6.92 Å². The highest BCUT2D eigenvalue weighted by Gasteiger charge is 2.43. The van der Waals surface area contributed by atoms with Gasteiger partial charge in [-0.1, -0.05) is 59.2 Å². The summed E-state index contributed by atoms with van der Waals surface area (Å²) < 4.78 is 12.4. The van der Waals surface area contributed by atoms with Crippen LogP contribution in [0.1, 0.15) is 76.3 Å². The van der Waals surface area contributed by atoms with Crippen molar-refractivity contribution in [1.29, 1.82) is 0 Å². The third kappa shape index (κ3) is 6.28. The van der Waals surface area contributed by atoms with E-state index in [2.05, 4.69) is 80.6 Å². The lowest BCUT2D eigenvalue weighted by atomic mass is 9.88. The molecule has 1 N–H and O–H groups in total. The Morgan fingerprint density at radius 3 is 2.21 bits per heavy atom. The molecule has 0 bridgehead atoms. The minimum Gasteiger partial charge on any atom is -0.468 e. The van der Waals surface area contributed by atoms with Gasteiger partial charge in [0.2, 0.25) is 5.91 Å². The van der Waals surface area contributed by atoms with E-state index >= 15 is 0 Å². The molecule has 0 saturated carbocycles. The van der Waals surface area contributed by atoms with Gasteiger partial charge in [-0.25, -0.2) is 0 Å². The van der Waals surface area contributed by atoms with Crippen LogP contribution < -0.4 is 0 Å². The van der Waals surface area contributed by atoms with Crippen LogP contribution >= 0.6 is 12.2 Å². The fraction of sp³-hybridized carbons (Fsp3) is 0.704. The van der Waals surface area contributed by atoms with Crippen molar-refractivity contribution in [1.82, 2.24) is 4.90 Å². The largest absolute Gasteiger partial charge is 0.468 e. The first-order chi connectivity index (χ1) is 15.5. The minimum atomic E-state index is -2.04. The van der Waals surface area contributed by atoms with Gasteiger partial charge in [0.1, 0.15) is 12.6 Å². The Morgan fingerprint density at radius 1 is 1.21 bits per heavy atom. The highest BCUT2D eigenvalue weighted by Crippen LogP contribution is 2.40. The molecule has 192 valence electrons. The normalized spacial score (nSPS) is 19.9. The number of rotatable bonds is 8. The van der Waals surface area contributed by atoms with Gasteiger partial charge in [0, 0.05) is 5.92 Å². The van der Waals surface area contributed by atoms with Crippen LogP contribution in [0.4, 0.5) is 0 Å². The molecule has 34 heavy (non-hydrogen) atoms. The molecule has 0 unspecified atom stereocenters. The third-order valence-electron chi connectivity index (χ3n) is 7.62. The molecule has 0 aliphatic carbocycles. The number of ether oxygens (including phenoxy) is 1. The van der Waals surface area contributed by atoms with Crippen LogP contribution in [0, 0.1) is 32.6 Å². The molecule has 0 aromatic heterocycles. The highest BCUT2D eigenvalue weighted by atomic mass is 32.1. The van der Waals surface area contributed by atoms with E-state index in [0.717, 1.165) is 16.7 Å². The van der Waals surface area contributed by atoms with Gasteiger partial charge in [0.25, 0.3) is 5.17 Å². The zero-order valence-electron chi connectivity index (χ0n) is 23.0. The van der Waals surface area contributed by atoms with Gasteiger partial charge < -0.3 is 14.3 Å². The summed E-state index contributed by atoms with van der Waals surface area (Å²) in [5.41, 5.74) is 4.49. The van der Waals surface area contributed by atoms with Crippen molar-refractivity contribution in [3.63, 3.8) is 0 Å². The van der Waals surface area contributed by atoms with Crippen LogP contribution in [0.2, 0.25) is 18.1 Å². The summed E-state index contributed by atoms with van der Waals surface area (Å²) in [6, 6.07) is 3.97. The number of benzene rings is 1. The van der Waals surface area contributed by atoms with Crippen molar-refractivity contribution in [3.05, 3.63) is 34.4 Å². The molecule has 0 radical (unpaired) electrons. The van der Waals surface area contributed by atoms with Crippen LogP contribution in [-0.2, 0) is 14.0 Å². The molecule has 1 fully saturated rings. The second-order valence-corrected chi connectivity index (χ2v) is 17.0. The average Bonchev–Trinajstić information content (AvgIpc) is 3.04. The summed E-state index contributed by atoms with van der Waals surface area (Å²) in [5.74, 6) is -0.187. The lowest BCUT2D eigenvalue weighted by molar-refractivity contribution is -0.132. The second kappa shape index (κ2) is 10.8. The predicted octanol–water partition coefficient (Wildman–Crippen LogP) is 6.23. The summed E-state index contributed by atoms with van der Waals surface area (Å²) in [6.45, 7) is 23.8. The number of carbonyl (C=O) groups excluding carboxylic acids is 1. The van der Waals surface area contributed by atoms with Gasteiger partial charge >= 0.3 is 0 Å². The average molecular weight is 508 g/mol. The summed E-state index contributed by atoms with van der Waals surface area (Å²) in [4.78, 5) is 15.0. The number of aliphatic hydroxyl groups is 1. The molecule has 1 aromatic carbocycles. The maximum atomic E-state index is 13.4. The molecule has 1 aliphatic heterocycles. The zero-order chi connectivity index (χ0) is 26.2. The second-order valence-electron chi connectivity index (χ2n) is 11.9. The smallest absolute Gasteiger partial charge is 0.266 e. The summed E-state index contributed by atoms with van der Waals surface area (Å²) >= 11 is 5.41. The number of thiocarbonyl (C=S) groups is 1. The first-order valence-corrected chi connectivity index (χ1v) is 15.7. The van der Waals surface area contributed by atoms with Crippen LogP contribution in [-0.4, -0.2) is 48.2 Å². The molecular weight excluding hydrogens is 462 g/mol. The Morgan fingerprint density at radius 2 is 1.74 bits per heavy atom. The van der Waals surface area contributed by atoms with Gasteiger partial charge in [-0.2, -0.15) is 0 Å². The molecule has 0 spiro atoms. The van der Waals surface area contributed by atoms with E-state index in [1.165, 1.54) is 5.56 Å². The number of aliphatic hydroxyl groups excluding tert-OH is 1. The molecule has 7 heteroatoms. The summed E-state index contributed by atoms with van der Waals surface area (Å²) in [6.07, 6.45) is -0.994. The number of nitrogens with zero attached hydrogens (tertiary/aromatic N) is 1. The van der Waals surface area contributed by atoms with E-state index in [1.54, 1.807) is 4.90 Å². The van der Waals surface area contributed by atoms with E-state index < -0.39 is 14.4 Å². The van der Waals surface area contributed by atoms with Crippen molar-refractivity contribution < 1.29 is 19.1 Å². The minimum absolute atomic E-state index is 0.0186. The van der Waals surface area contributed by atoms with Crippen LogP contribution in [0.25, 0.3) is 0 Å². The summed E-state index contributed by atoms with van der Waals surface area (Å²) in [7, 11) is -2.04. The van der Waals surface area contributed by atoms with E-state index in [-0.39, 0.29) is 46.5 Å². The molecular formula is C27H45NO4SSi. The van der Waals surface area contributed by atoms with Gasteiger partial charge in [-0.15, -0.1) is 0 Å². The Bertz CT molecular complexity index is 885. The van der Waals surface area contributed by atoms with Gasteiger partial charge in [0.05, 0.1) is 18.6 Å². The SMILES string of the molecule is Cc1cc(C)c([C@@H]2COC(=S)N2C(=O)C[C@H](O)[C@H](C)[C@@H](O[Si](C)(C)C(C)(C)C)C(C)C)c(C)c1. The van der Waals surface area contributed by atoms with E-state index in [4.69, 9.17) is 21.4 Å². The Labute approximate surface area is 213 Å². The first-order valence-electron chi connectivity index (χ1n) is 12.4. The van der Waals surface area contributed by atoms with Crippen molar-refractivity contribution in [3.8, 4) is 0 Å². The third-order valence-corrected chi connectivity index (χ3v) is 12.4. The molecule has 1 saturated heterocycles. The number of aryl methyl sites for hydroxylation is 3. The lowest BCUT2D eigenvalue weighted by Crippen LogP contribution is -2.49. The zero-order valence-corrected chi connectivity index (χ0v) is 24.8.